The number of ketones is 1. The van der Waals surface area contributed by atoms with Gasteiger partial charge >= 0.3 is 0 Å². The summed E-state index contributed by atoms with van der Waals surface area (Å²) in [5, 5.41) is 0. The number of anilines is 1. The van der Waals surface area contributed by atoms with Crippen LogP contribution in [0.25, 0.3) is 6.08 Å². The Kier molecular flexibility index (Phi) is 7.53. The summed E-state index contributed by atoms with van der Waals surface area (Å²) in [5.41, 5.74) is 8.41. The van der Waals surface area contributed by atoms with Crippen molar-refractivity contribution in [2.24, 2.45) is 5.92 Å². The Balaban J connectivity index is 2.55. The van der Waals surface area contributed by atoms with E-state index in [1.54, 1.807) is 18.2 Å². The second-order valence-corrected chi connectivity index (χ2v) is 6.72. The smallest absolute Gasteiger partial charge is 0.193 e. The molecule has 0 spiro atoms. The number of Topliss-reactive ketones (excluding diaryl/α,β-unsaturated/α-hetero) is 1. The molecule has 0 aromatic heterocycles. The van der Waals surface area contributed by atoms with Crippen molar-refractivity contribution in [1.29, 1.82) is 0 Å². The molecule has 0 unspecified atom stereocenters. The van der Waals surface area contributed by atoms with E-state index in [1.165, 1.54) is 21.3 Å². The van der Waals surface area contributed by atoms with E-state index in [0.29, 0.717) is 46.4 Å². The topological polar surface area (TPSA) is 80.0 Å². The number of methoxy groups -OCH3 is 3. The quantitative estimate of drug-likeness (QED) is 0.377. The second kappa shape index (κ2) is 9.87. The molecule has 0 aliphatic heterocycles. The van der Waals surface area contributed by atoms with Crippen LogP contribution in [0.3, 0.4) is 0 Å². The van der Waals surface area contributed by atoms with Gasteiger partial charge in [0.15, 0.2) is 17.3 Å². The Labute approximate surface area is 172 Å². The first-order valence-electron chi connectivity index (χ1n) is 9.44. The van der Waals surface area contributed by atoms with Crippen LogP contribution in [0.15, 0.2) is 35.9 Å². The first kappa shape index (κ1) is 22.1. The Morgan fingerprint density at radius 1 is 1.03 bits per heavy atom. The summed E-state index contributed by atoms with van der Waals surface area (Å²) in [5.74, 6) is 1.75. The maximum absolute atomic E-state index is 13.4. The molecule has 0 heterocycles. The van der Waals surface area contributed by atoms with Crippen molar-refractivity contribution < 1.29 is 23.7 Å². The highest BCUT2D eigenvalue weighted by Gasteiger charge is 2.23. The monoisotopic (exact) mass is 399 g/mol. The first-order valence-corrected chi connectivity index (χ1v) is 9.44. The van der Waals surface area contributed by atoms with Crippen molar-refractivity contribution in [3.05, 3.63) is 47.0 Å². The minimum atomic E-state index is -0.165. The number of benzene rings is 2. The Bertz CT molecular complexity index is 902. The fourth-order valence-electron chi connectivity index (χ4n) is 3.00. The predicted octanol–water partition coefficient (Wildman–Crippen LogP) is 4.62. The third-order valence-electron chi connectivity index (χ3n) is 4.47. The van der Waals surface area contributed by atoms with Crippen LogP contribution >= 0.6 is 0 Å². The summed E-state index contributed by atoms with van der Waals surface area (Å²) in [6.07, 6.45) is 1.84. The summed E-state index contributed by atoms with van der Waals surface area (Å²) in [6.45, 7) is 6.36. The third-order valence-corrected chi connectivity index (χ3v) is 4.47. The molecule has 0 aliphatic rings. The van der Waals surface area contributed by atoms with E-state index >= 15 is 0 Å². The number of allylic oxidation sites excluding steroid dienone is 1. The standard InChI is InChI=1S/C23H29NO5/c1-7-29-20-9-8-15(11-19(20)24)10-17(14(2)3)22(25)18-12-16(26-4)13-21(27-5)23(18)28-6/h8-14H,7,24H2,1-6H3. The van der Waals surface area contributed by atoms with Crippen LogP contribution in [0.2, 0.25) is 0 Å². The Morgan fingerprint density at radius 3 is 2.28 bits per heavy atom. The van der Waals surface area contributed by atoms with Gasteiger partial charge in [0, 0.05) is 11.6 Å². The van der Waals surface area contributed by atoms with Gasteiger partial charge in [-0.1, -0.05) is 19.9 Å². The van der Waals surface area contributed by atoms with Crippen molar-refractivity contribution in [3.8, 4) is 23.0 Å². The molecule has 0 atom stereocenters. The van der Waals surface area contributed by atoms with Gasteiger partial charge in [-0.05, 0) is 42.7 Å². The van der Waals surface area contributed by atoms with Crippen LogP contribution in [-0.4, -0.2) is 33.7 Å². The van der Waals surface area contributed by atoms with E-state index in [0.717, 1.165) is 5.56 Å². The number of nitrogens with two attached hydrogens (primary N) is 1. The molecule has 6 heteroatoms. The van der Waals surface area contributed by atoms with Gasteiger partial charge in [-0.2, -0.15) is 0 Å². The van der Waals surface area contributed by atoms with Gasteiger partial charge in [0.25, 0.3) is 0 Å². The first-order chi connectivity index (χ1) is 13.9. The van der Waals surface area contributed by atoms with Crippen molar-refractivity contribution in [2.45, 2.75) is 20.8 Å². The Hall–Kier alpha value is -3.15. The van der Waals surface area contributed by atoms with E-state index in [2.05, 4.69) is 0 Å². The second-order valence-electron chi connectivity index (χ2n) is 6.72. The van der Waals surface area contributed by atoms with Gasteiger partial charge in [-0.3, -0.25) is 4.79 Å². The van der Waals surface area contributed by atoms with Crippen molar-refractivity contribution in [2.75, 3.05) is 33.7 Å². The fourth-order valence-corrected chi connectivity index (χ4v) is 3.00. The summed E-state index contributed by atoms with van der Waals surface area (Å²) < 4.78 is 21.6. The zero-order chi connectivity index (χ0) is 21.6. The van der Waals surface area contributed by atoms with Crippen LogP contribution in [-0.2, 0) is 0 Å². The largest absolute Gasteiger partial charge is 0.497 e. The van der Waals surface area contributed by atoms with E-state index in [4.69, 9.17) is 24.7 Å². The third kappa shape index (κ3) is 5.02. The molecular weight excluding hydrogens is 370 g/mol. The number of hydrogen-bond donors (Lipinski definition) is 1. The van der Waals surface area contributed by atoms with Crippen LogP contribution in [0.1, 0.15) is 36.7 Å². The molecule has 6 nitrogen and oxygen atoms in total. The highest BCUT2D eigenvalue weighted by molar-refractivity contribution is 6.13. The zero-order valence-corrected chi connectivity index (χ0v) is 17.9. The number of ether oxygens (including phenoxy) is 4. The average Bonchev–Trinajstić information content (AvgIpc) is 2.72. The minimum absolute atomic E-state index is 0.0304. The molecule has 0 aliphatic carbocycles. The molecule has 0 bridgehead atoms. The predicted molar refractivity (Wildman–Crippen MR) is 115 cm³/mol. The van der Waals surface area contributed by atoms with Crippen LogP contribution < -0.4 is 24.7 Å². The number of carbonyl (C=O) groups is 1. The summed E-state index contributed by atoms with van der Waals surface area (Å²) in [4.78, 5) is 13.4. The van der Waals surface area contributed by atoms with Gasteiger partial charge in [0.2, 0.25) is 0 Å². The highest BCUT2D eigenvalue weighted by atomic mass is 16.5. The normalized spacial score (nSPS) is 11.3. The molecule has 0 saturated carbocycles. The molecule has 2 aromatic carbocycles. The van der Waals surface area contributed by atoms with E-state index in [9.17, 15) is 4.79 Å². The molecule has 2 N–H and O–H groups in total. The van der Waals surface area contributed by atoms with Crippen molar-refractivity contribution >= 4 is 17.5 Å². The van der Waals surface area contributed by atoms with Crippen molar-refractivity contribution in [1.82, 2.24) is 0 Å². The summed E-state index contributed by atoms with van der Waals surface area (Å²) >= 11 is 0. The van der Waals surface area contributed by atoms with Gasteiger partial charge in [0.1, 0.15) is 11.5 Å². The average molecular weight is 399 g/mol. The van der Waals surface area contributed by atoms with Gasteiger partial charge in [-0.15, -0.1) is 0 Å². The number of carbonyl (C=O) groups excluding carboxylic acids is 1. The Morgan fingerprint density at radius 2 is 1.76 bits per heavy atom. The van der Waals surface area contributed by atoms with Crippen LogP contribution in [0, 0.1) is 5.92 Å². The molecule has 0 radical (unpaired) electrons. The lowest BCUT2D eigenvalue weighted by Gasteiger charge is -2.17. The summed E-state index contributed by atoms with van der Waals surface area (Å²) in [6, 6.07) is 8.82. The van der Waals surface area contributed by atoms with Gasteiger partial charge in [-0.25, -0.2) is 0 Å². The summed E-state index contributed by atoms with van der Waals surface area (Å²) in [7, 11) is 4.57. The molecule has 0 amide bonds. The van der Waals surface area contributed by atoms with Gasteiger partial charge in [0.05, 0.1) is 39.2 Å². The number of nitrogen functional groups attached to an aromatic ring is 1. The highest BCUT2D eigenvalue weighted by Crippen LogP contribution is 2.38. The maximum atomic E-state index is 13.4. The molecule has 29 heavy (non-hydrogen) atoms. The SMILES string of the molecule is CCOc1ccc(C=C(C(=O)c2cc(OC)cc(OC)c2OC)C(C)C)cc1N. The van der Waals surface area contributed by atoms with E-state index < -0.39 is 0 Å². The molecular formula is C23H29NO5. The lowest BCUT2D eigenvalue weighted by atomic mass is 9.91. The van der Waals surface area contributed by atoms with Crippen LogP contribution in [0.4, 0.5) is 5.69 Å². The zero-order valence-electron chi connectivity index (χ0n) is 17.9. The molecule has 2 rings (SSSR count). The van der Waals surface area contributed by atoms with Crippen LogP contribution in [0.5, 0.6) is 23.0 Å². The molecule has 156 valence electrons. The van der Waals surface area contributed by atoms with Crippen molar-refractivity contribution in [3.63, 3.8) is 0 Å². The van der Waals surface area contributed by atoms with E-state index in [1.807, 2.05) is 39.0 Å². The fraction of sp³-hybridized carbons (Fsp3) is 0.348. The molecule has 2 aromatic rings. The maximum Gasteiger partial charge on any atom is 0.193 e. The molecule has 0 fully saturated rings. The van der Waals surface area contributed by atoms with E-state index in [-0.39, 0.29) is 11.7 Å². The lowest BCUT2D eigenvalue weighted by molar-refractivity contribution is 0.102. The van der Waals surface area contributed by atoms with Gasteiger partial charge < -0.3 is 24.7 Å². The number of rotatable bonds is 9. The minimum Gasteiger partial charge on any atom is -0.497 e. The number of hydrogen-bond acceptors (Lipinski definition) is 6. The lowest BCUT2D eigenvalue weighted by Crippen LogP contribution is -2.11. The molecule has 0 saturated heterocycles.